The first-order valence-electron chi connectivity index (χ1n) is 10.5. The molecule has 0 bridgehead atoms. The molecule has 2 aromatic rings. The molecule has 0 saturated heterocycles. The summed E-state index contributed by atoms with van der Waals surface area (Å²) in [6.07, 6.45) is 11.7. The Kier molecular flexibility index (Phi) is 6.92. The van der Waals surface area contributed by atoms with Gasteiger partial charge in [-0.25, -0.2) is 0 Å². The summed E-state index contributed by atoms with van der Waals surface area (Å²) in [5, 5.41) is 4.03. The summed E-state index contributed by atoms with van der Waals surface area (Å²) in [7, 11) is 0. The van der Waals surface area contributed by atoms with Crippen LogP contribution in [0.2, 0.25) is 0 Å². The van der Waals surface area contributed by atoms with Crippen LogP contribution in [0.15, 0.2) is 27.3 Å². The second-order valence-electron chi connectivity index (χ2n) is 8.86. The molecular weight excluding hydrogens is 356 g/mol. The Morgan fingerprint density at radius 3 is 2.75 bits per heavy atom. The van der Waals surface area contributed by atoms with Gasteiger partial charge in [0.1, 0.15) is 5.60 Å². The van der Waals surface area contributed by atoms with Crippen molar-refractivity contribution < 1.29 is 18.5 Å². The number of carbonyl (C=O) groups excluding carboxylic acids is 1. The summed E-state index contributed by atoms with van der Waals surface area (Å²) in [6, 6.07) is 3.58. The minimum absolute atomic E-state index is 0.130. The quantitative estimate of drug-likeness (QED) is 0.524. The number of aromatic nitrogens is 2. The van der Waals surface area contributed by atoms with E-state index in [1.807, 2.05) is 20.8 Å². The van der Waals surface area contributed by atoms with E-state index in [4.69, 9.17) is 13.7 Å². The zero-order valence-electron chi connectivity index (χ0n) is 17.3. The minimum atomic E-state index is -0.502. The van der Waals surface area contributed by atoms with Gasteiger partial charge in [0.15, 0.2) is 5.76 Å². The van der Waals surface area contributed by atoms with Crippen molar-refractivity contribution in [2.75, 3.05) is 0 Å². The van der Waals surface area contributed by atoms with Crippen LogP contribution in [0.1, 0.15) is 90.4 Å². The van der Waals surface area contributed by atoms with Gasteiger partial charge in [0, 0.05) is 5.92 Å². The molecule has 1 aliphatic carbocycles. The van der Waals surface area contributed by atoms with Gasteiger partial charge in [-0.05, 0) is 45.2 Å². The first-order valence-corrected chi connectivity index (χ1v) is 10.5. The van der Waals surface area contributed by atoms with Gasteiger partial charge in [-0.15, -0.1) is 0 Å². The van der Waals surface area contributed by atoms with Crippen molar-refractivity contribution in [2.45, 2.75) is 90.1 Å². The molecule has 0 spiro atoms. The number of hydrogen-bond donors (Lipinski definition) is 0. The number of ether oxygens (including phenoxy) is 1. The van der Waals surface area contributed by atoms with Crippen molar-refractivity contribution in [3.05, 3.63) is 24.3 Å². The normalized spacial score (nSPS) is 16.8. The summed E-state index contributed by atoms with van der Waals surface area (Å²) < 4.78 is 16.4. The molecule has 28 heavy (non-hydrogen) atoms. The summed E-state index contributed by atoms with van der Waals surface area (Å²) >= 11 is 0. The zero-order chi connectivity index (χ0) is 20.0. The molecule has 6 nitrogen and oxygen atoms in total. The molecule has 154 valence electrons. The van der Waals surface area contributed by atoms with Gasteiger partial charge >= 0.3 is 5.97 Å². The van der Waals surface area contributed by atoms with E-state index in [9.17, 15) is 4.79 Å². The van der Waals surface area contributed by atoms with Crippen molar-refractivity contribution in [2.24, 2.45) is 5.92 Å². The van der Waals surface area contributed by atoms with Crippen LogP contribution in [0.25, 0.3) is 11.6 Å². The first-order chi connectivity index (χ1) is 13.4. The number of furan rings is 1. The van der Waals surface area contributed by atoms with E-state index >= 15 is 0 Å². The maximum absolute atomic E-state index is 12.4. The number of carbonyl (C=O) groups is 1. The monoisotopic (exact) mass is 388 g/mol. The molecule has 0 amide bonds. The van der Waals surface area contributed by atoms with Crippen LogP contribution >= 0.6 is 0 Å². The van der Waals surface area contributed by atoms with E-state index in [1.165, 1.54) is 38.5 Å². The molecule has 0 N–H and O–H groups in total. The topological polar surface area (TPSA) is 78.4 Å². The highest BCUT2D eigenvalue weighted by atomic mass is 16.6. The molecule has 0 aliphatic heterocycles. The number of nitrogens with zero attached hydrogens (tertiary/aromatic N) is 2. The van der Waals surface area contributed by atoms with Crippen molar-refractivity contribution >= 4 is 5.97 Å². The molecule has 1 unspecified atom stereocenters. The van der Waals surface area contributed by atoms with Crippen molar-refractivity contribution in [3.8, 4) is 11.6 Å². The fourth-order valence-electron chi connectivity index (χ4n) is 3.93. The maximum Gasteiger partial charge on any atom is 0.307 e. The van der Waals surface area contributed by atoms with E-state index in [1.54, 1.807) is 18.4 Å². The molecule has 2 heterocycles. The van der Waals surface area contributed by atoms with Crippen LogP contribution in [0.4, 0.5) is 0 Å². The summed E-state index contributed by atoms with van der Waals surface area (Å²) in [4.78, 5) is 16.9. The lowest BCUT2D eigenvalue weighted by Crippen LogP contribution is -2.25. The SMILES string of the molecule is CC(C)(C)OC(=O)CC(CCCC1CCCCC1)c1nc(-c2ccco2)no1. The lowest BCUT2D eigenvalue weighted by molar-refractivity contribution is -0.155. The average molecular weight is 389 g/mol. The van der Waals surface area contributed by atoms with E-state index in [-0.39, 0.29) is 18.3 Å². The van der Waals surface area contributed by atoms with Crippen LogP contribution in [0, 0.1) is 5.92 Å². The van der Waals surface area contributed by atoms with Crippen LogP contribution < -0.4 is 0 Å². The molecule has 1 saturated carbocycles. The van der Waals surface area contributed by atoms with Gasteiger partial charge in [0.05, 0.1) is 12.7 Å². The lowest BCUT2D eigenvalue weighted by Gasteiger charge is -2.23. The molecule has 0 aromatic carbocycles. The van der Waals surface area contributed by atoms with E-state index in [0.29, 0.717) is 17.5 Å². The predicted octanol–water partition coefficient (Wildman–Crippen LogP) is 5.90. The third-order valence-electron chi connectivity index (χ3n) is 5.26. The molecule has 0 radical (unpaired) electrons. The average Bonchev–Trinajstić information content (AvgIpc) is 3.32. The molecule has 1 aliphatic rings. The predicted molar refractivity (Wildman–Crippen MR) is 106 cm³/mol. The summed E-state index contributed by atoms with van der Waals surface area (Å²) in [6.45, 7) is 5.64. The van der Waals surface area contributed by atoms with Crippen LogP contribution in [-0.2, 0) is 9.53 Å². The molecule has 1 fully saturated rings. The second-order valence-corrected chi connectivity index (χ2v) is 8.86. The van der Waals surface area contributed by atoms with Gasteiger partial charge in [-0.3, -0.25) is 4.79 Å². The van der Waals surface area contributed by atoms with Gasteiger partial charge < -0.3 is 13.7 Å². The molecule has 3 rings (SSSR count). The second kappa shape index (κ2) is 9.39. The Bertz CT molecular complexity index is 724. The van der Waals surface area contributed by atoms with Crippen LogP contribution in [0.3, 0.4) is 0 Å². The number of hydrogen-bond acceptors (Lipinski definition) is 6. The van der Waals surface area contributed by atoms with E-state index < -0.39 is 5.60 Å². The molecule has 2 aromatic heterocycles. The first kappa shape index (κ1) is 20.6. The van der Waals surface area contributed by atoms with Gasteiger partial charge in [0.25, 0.3) is 0 Å². The van der Waals surface area contributed by atoms with E-state index in [2.05, 4.69) is 10.1 Å². The third kappa shape index (κ3) is 6.21. The lowest BCUT2D eigenvalue weighted by atomic mass is 9.84. The Morgan fingerprint density at radius 2 is 2.07 bits per heavy atom. The Labute approximate surface area is 167 Å². The van der Waals surface area contributed by atoms with Crippen LogP contribution in [0.5, 0.6) is 0 Å². The van der Waals surface area contributed by atoms with Crippen molar-refractivity contribution in [1.82, 2.24) is 10.1 Å². The zero-order valence-corrected chi connectivity index (χ0v) is 17.3. The minimum Gasteiger partial charge on any atom is -0.461 e. The maximum atomic E-state index is 12.4. The Hall–Kier alpha value is -2.11. The highest BCUT2D eigenvalue weighted by Gasteiger charge is 2.26. The fourth-order valence-corrected chi connectivity index (χ4v) is 3.93. The molecule has 1 atom stereocenters. The number of esters is 1. The van der Waals surface area contributed by atoms with Crippen molar-refractivity contribution in [3.63, 3.8) is 0 Å². The molecule has 6 heteroatoms. The smallest absolute Gasteiger partial charge is 0.307 e. The van der Waals surface area contributed by atoms with Gasteiger partial charge in [0.2, 0.25) is 11.7 Å². The third-order valence-corrected chi connectivity index (χ3v) is 5.26. The summed E-state index contributed by atoms with van der Waals surface area (Å²) in [5.74, 6) is 1.93. The standard InChI is InChI=1S/C22H32N2O4/c1-22(2,3)27-19(25)15-17(12-7-11-16-9-5-4-6-10-16)21-23-20(24-28-21)18-13-8-14-26-18/h8,13-14,16-17H,4-7,9-12,15H2,1-3H3. The van der Waals surface area contributed by atoms with Crippen molar-refractivity contribution in [1.29, 1.82) is 0 Å². The summed E-state index contributed by atoms with van der Waals surface area (Å²) in [5.41, 5.74) is -0.502. The fraction of sp³-hybridized carbons (Fsp3) is 0.682. The van der Waals surface area contributed by atoms with E-state index in [0.717, 1.165) is 18.8 Å². The highest BCUT2D eigenvalue weighted by Crippen LogP contribution is 2.32. The Balaban J connectivity index is 1.64. The molecular formula is C22H32N2O4. The Morgan fingerprint density at radius 1 is 1.29 bits per heavy atom. The van der Waals surface area contributed by atoms with Crippen LogP contribution in [-0.4, -0.2) is 21.7 Å². The number of rotatable bonds is 8. The van der Waals surface area contributed by atoms with Gasteiger partial charge in [-0.2, -0.15) is 4.98 Å². The largest absolute Gasteiger partial charge is 0.461 e. The highest BCUT2D eigenvalue weighted by molar-refractivity contribution is 5.70. The van der Waals surface area contributed by atoms with Gasteiger partial charge in [-0.1, -0.05) is 50.1 Å².